The molecule has 1 aromatic carbocycles. The van der Waals surface area contributed by atoms with Gasteiger partial charge in [-0.2, -0.15) is 0 Å². The monoisotopic (exact) mass is 197 g/mol. The van der Waals surface area contributed by atoms with E-state index in [-0.39, 0.29) is 0 Å². The lowest BCUT2D eigenvalue weighted by Gasteiger charge is -2.13. The molecule has 1 unspecified atom stereocenters. The van der Waals surface area contributed by atoms with E-state index in [0.717, 1.165) is 17.7 Å². The molecule has 13 heavy (non-hydrogen) atoms. The van der Waals surface area contributed by atoms with Gasteiger partial charge in [-0.1, -0.05) is 19.1 Å². The average molecular weight is 198 g/mol. The van der Waals surface area contributed by atoms with Gasteiger partial charge in [-0.05, 0) is 31.0 Å². The molecule has 0 aliphatic carbocycles. The Balaban J connectivity index is 2.66. The van der Waals surface area contributed by atoms with Gasteiger partial charge < -0.3 is 5.32 Å². The van der Waals surface area contributed by atoms with Crippen LogP contribution in [0.25, 0.3) is 0 Å². The zero-order chi connectivity index (χ0) is 9.68. The second-order valence-electron chi connectivity index (χ2n) is 3.29. The lowest BCUT2D eigenvalue weighted by molar-refractivity contribution is 0.764. The van der Waals surface area contributed by atoms with Crippen molar-refractivity contribution in [3.05, 3.63) is 29.8 Å². The third kappa shape index (κ3) is 3.27. The predicted molar refractivity (Wildman–Crippen MR) is 59.4 cm³/mol. The smallest absolute Gasteiger partial charge is 0.0474 e. The third-order valence-corrected chi connectivity index (χ3v) is 2.42. The first-order valence-electron chi connectivity index (χ1n) is 4.67. The molecule has 2 heteroatoms. The maximum absolute atomic E-state index is 5.74. The van der Waals surface area contributed by atoms with Gasteiger partial charge in [-0.3, -0.25) is 0 Å². The van der Waals surface area contributed by atoms with E-state index in [2.05, 4.69) is 31.3 Å². The standard InChI is InChI=1S/C11H16ClN/c1-3-9(2)13-11-6-4-5-10(7-11)8-12/h4-7,9,13H,3,8H2,1-2H3. The van der Waals surface area contributed by atoms with Gasteiger partial charge >= 0.3 is 0 Å². The first-order valence-corrected chi connectivity index (χ1v) is 5.21. The normalized spacial score (nSPS) is 12.5. The number of halogens is 1. The van der Waals surface area contributed by atoms with Gasteiger partial charge in [0.2, 0.25) is 0 Å². The minimum Gasteiger partial charge on any atom is -0.383 e. The fourth-order valence-electron chi connectivity index (χ4n) is 1.13. The minimum absolute atomic E-state index is 0.519. The number of hydrogen-bond donors (Lipinski definition) is 1. The SMILES string of the molecule is CCC(C)Nc1cccc(CCl)c1. The summed E-state index contributed by atoms with van der Waals surface area (Å²) in [6, 6.07) is 8.75. The number of alkyl halides is 1. The summed E-state index contributed by atoms with van der Waals surface area (Å²) >= 11 is 5.74. The van der Waals surface area contributed by atoms with Crippen molar-refractivity contribution in [1.82, 2.24) is 0 Å². The number of benzene rings is 1. The van der Waals surface area contributed by atoms with Crippen LogP contribution in [0.15, 0.2) is 24.3 Å². The Labute approximate surface area is 85.1 Å². The van der Waals surface area contributed by atoms with E-state index < -0.39 is 0 Å². The van der Waals surface area contributed by atoms with E-state index in [1.807, 2.05) is 12.1 Å². The fraction of sp³-hybridized carbons (Fsp3) is 0.455. The molecule has 1 rings (SSSR count). The van der Waals surface area contributed by atoms with Gasteiger partial charge in [0.25, 0.3) is 0 Å². The Morgan fingerprint density at radius 2 is 2.23 bits per heavy atom. The fourth-order valence-corrected chi connectivity index (χ4v) is 1.30. The van der Waals surface area contributed by atoms with Crippen LogP contribution >= 0.6 is 11.6 Å². The Morgan fingerprint density at radius 1 is 1.46 bits per heavy atom. The van der Waals surface area contributed by atoms with Crippen LogP contribution in [0.4, 0.5) is 5.69 Å². The summed E-state index contributed by atoms with van der Waals surface area (Å²) in [7, 11) is 0. The summed E-state index contributed by atoms with van der Waals surface area (Å²) in [5.41, 5.74) is 2.32. The molecule has 1 N–H and O–H groups in total. The Kier molecular flexibility index (Phi) is 4.10. The van der Waals surface area contributed by atoms with Crippen molar-refractivity contribution in [2.24, 2.45) is 0 Å². The number of rotatable bonds is 4. The van der Waals surface area contributed by atoms with Crippen LogP contribution < -0.4 is 5.32 Å². The summed E-state index contributed by atoms with van der Waals surface area (Å²) in [6.45, 7) is 4.34. The summed E-state index contributed by atoms with van der Waals surface area (Å²) in [6.07, 6.45) is 1.13. The summed E-state index contributed by atoms with van der Waals surface area (Å²) < 4.78 is 0. The quantitative estimate of drug-likeness (QED) is 0.727. The van der Waals surface area contributed by atoms with Crippen molar-refractivity contribution in [3.63, 3.8) is 0 Å². The molecule has 0 aliphatic heterocycles. The first-order chi connectivity index (χ1) is 6.26. The van der Waals surface area contributed by atoms with Gasteiger partial charge in [0, 0.05) is 17.6 Å². The Bertz CT molecular complexity index is 260. The molecule has 1 nitrogen and oxygen atoms in total. The van der Waals surface area contributed by atoms with Gasteiger partial charge in [0.1, 0.15) is 0 Å². The average Bonchev–Trinajstić information content (AvgIpc) is 2.18. The van der Waals surface area contributed by atoms with Crippen molar-refractivity contribution in [2.75, 3.05) is 5.32 Å². The van der Waals surface area contributed by atoms with Crippen LogP contribution in [0.2, 0.25) is 0 Å². The Morgan fingerprint density at radius 3 is 2.85 bits per heavy atom. The highest BCUT2D eigenvalue weighted by Gasteiger charge is 1.98. The molecule has 1 aromatic rings. The largest absolute Gasteiger partial charge is 0.383 e. The zero-order valence-electron chi connectivity index (χ0n) is 8.18. The van der Waals surface area contributed by atoms with E-state index >= 15 is 0 Å². The molecular weight excluding hydrogens is 182 g/mol. The minimum atomic E-state index is 0.519. The molecule has 0 radical (unpaired) electrons. The molecular formula is C11H16ClN. The second kappa shape index (κ2) is 5.13. The molecule has 0 bridgehead atoms. The van der Waals surface area contributed by atoms with E-state index in [0.29, 0.717) is 11.9 Å². The zero-order valence-corrected chi connectivity index (χ0v) is 8.93. The summed E-state index contributed by atoms with van der Waals surface area (Å²) in [5, 5.41) is 3.41. The van der Waals surface area contributed by atoms with Crippen LogP contribution in [-0.4, -0.2) is 6.04 Å². The lowest BCUT2D eigenvalue weighted by atomic mass is 10.2. The van der Waals surface area contributed by atoms with Crippen molar-refractivity contribution < 1.29 is 0 Å². The van der Waals surface area contributed by atoms with Gasteiger partial charge in [0.05, 0.1) is 0 Å². The molecule has 0 aliphatic rings. The molecule has 1 atom stereocenters. The molecule has 0 heterocycles. The number of anilines is 1. The van der Waals surface area contributed by atoms with Crippen LogP contribution in [0.5, 0.6) is 0 Å². The van der Waals surface area contributed by atoms with Crippen molar-refractivity contribution in [1.29, 1.82) is 0 Å². The van der Waals surface area contributed by atoms with Gasteiger partial charge in [-0.25, -0.2) is 0 Å². The lowest BCUT2D eigenvalue weighted by Crippen LogP contribution is -2.13. The molecule has 0 amide bonds. The number of nitrogens with one attached hydrogen (secondary N) is 1. The molecule has 72 valence electrons. The summed E-state index contributed by atoms with van der Waals surface area (Å²) in [5.74, 6) is 0.579. The van der Waals surface area contributed by atoms with Crippen molar-refractivity contribution in [2.45, 2.75) is 32.2 Å². The molecule has 0 fully saturated rings. The predicted octanol–water partition coefficient (Wildman–Crippen LogP) is 3.64. The maximum Gasteiger partial charge on any atom is 0.0474 e. The molecule has 0 saturated carbocycles. The topological polar surface area (TPSA) is 12.0 Å². The van der Waals surface area contributed by atoms with E-state index in [4.69, 9.17) is 11.6 Å². The Hall–Kier alpha value is -0.690. The summed E-state index contributed by atoms with van der Waals surface area (Å²) in [4.78, 5) is 0. The first kappa shape index (κ1) is 10.4. The maximum atomic E-state index is 5.74. The van der Waals surface area contributed by atoms with Crippen LogP contribution in [0, 0.1) is 0 Å². The van der Waals surface area contributed by atoms with Gasteiger partial charge in [-0.15, -0.1) is 11.6 Å². The van der Waals surface area contributed by atoms with E-state index in [9.17, 15) is 0 Å². The van der Waals surface area contributed by atoms with Crippen LogP contribution in [-0.2, 0) is 5.88 Å². The molecule has 0 saturated heterocycles. The van der Waals surface area contributed by atoms with Crippen molar-refractivity contribution >= 4 is 17.3 Å². The van der Waals surface area contributed by atoms with Crippen LogP contribution in [0.3, 0.4) is 0 Å². The second-order valence-corrected chi connectivity index (χ2v) is 3.55. The number of hydrogen-bond acceptors (Lipinski definition) is 1. The van der Waals surface area contributed by atoms with E-state index in [1.54, 1.807) is 0 Å². The highest BCUT2D eigenvalue weighted by molar-refractivity contribution is 6.17. The van der Waals surface area contributed by atoms with Crippen molar-refractivity contribution in [3.8, 4) is 0 Å². The molecule has 0 aromatic heterocycles. The highest BCUT2D eigenvalue weighted by atomic mass is 35.5. The third-order valence-electron chi connectivity index (χ3n) is 2.11. The van der Waals surface area contributed by atoms with Gasteiger partial charge in [0.15, 0.2) is 0 Å². The highest BCUT2D eigenvalue weighted by Crippen LogP contribution is 2.13. The van der Waals surface area contributed by atoms with Crippen LogP contribution in [0.1, 0.15) is 25.8 Å². The van der Waals surface area contributed by atoms with E-state index in [1.165, 1.54) is 0 Å². The molecule has 0 spiro atoms.